The molecule has 0 radical (unpaired) electrons. The van der Waals surface area contributed by atoms with Gasteiger partial charge in [-0.1, -0.05) is 6.07 Å². The number of anilines is 1. The van der Waals surface area contributed by atoms with Crippen LogP contribution in [0, 0.1) is 11.5 Å². The highest BCUT2D eigenvalue weighted by molar-refractivity contribution is 5.80. The van der Waals surface area contributed by atoms with Gasteiger partial charge in [-0.05, 0) is 42.8 Å². The van der Waals surface area contributed by atoms with Crippen LogP contribution >= 0.6 is 0 Å². The molecule has 0 saturated carbocycles. The van der Waals surface area contributed by atoms with Crippen LogP contribution in [0.15, 0.2) is 41.4 Å². The molecule has 188 valence electrons. The smallest absolute Gasteiger partial charge is 0.205 e. The van der Waals surface area contributed by atoms with Gasteiger partial charge in [0.1, 0.15) is 17.9 Å². The molecule has 0 aliphatic carbocycles. The molecule has 3 atom stereocenters. The summed E-state index contributed by atoms with van der Waals surface area (Å²) in [4.78, 5) is 5.52. The number of rotatable bonds is 8. The largest absolute Gasteiger partial charge is 0.493 e. The summed E-state index contributed by atoms with van der Waals surface area (Å²) in [6.45, 7) is 1.79. The Hall–Kier alpha value is -3.72. The van der Waals surface area contributed by atoms with Crippen molar-refractivity contribution < 1.29 is 28.8 Å². The summed E-state index contributed by atoms with van der Waals surface area (Å²) in [6.07, 6.45) is -0.210. The van der Waals surface area contributed by atoms with Crippen molar-refractivity contribution in [1.82, 2.24) is 4.90 Å². The van der Waals surface area contributed by atoms with E-state index in [0.717, 1.165) is 10.5 Å². The highest BCUT2D eigenvalue weighted by Crippen LogP contribution is 2.45. The molecular formula is C24H31N5O6. The zero-order valence-corrected chi connectivity index (χ0v) is 20.4. The first kappa shape index (κ1) is 25.9. The van der Waals surface area contributed by atoms with E-state index in [4.69, 9.17) is 35.2 Å². The van der Waals surface area contributed by atoms with Crippen molar-refractivity contribution in [3.63, 3.8) is 0 Å². The van der Waals surface area contributed by atoms with Crippen molar-refractivity contribution in [3.8, 4) is 23.4 Å². The molecule has 0 bridgehead atoms. The maximum atomic E-state index is 11.5. The van der Waals surface area contributed by atoms with Gasteiger partial charge in [0.05, 0.1) is 20.8 Å². The number of aliphatic imine (C=N–C) groups is 1. The fourth-order valence-corrected chi connectivity index (χ4v) is 4.19. The third-order valence-corrected chi connectivity index (χ3v) is 5.97. The van der Waals surface area contributed by atoms with E-state index in [2.05, 4.69) is 4.99 Å². The summed E-state index contributed by atoms with van der Waals surface area (Å²) in [5.41, 5.74) is 12.6. The third-order valence-electron chi connectivity index (χ3n) is 5.97. The zero-order chi connectivity index (χ0) is 25.8. The minimum absolute atomic E-state index is 0.102. The number of hydrogen-bond donors (Lipinski definition) is 3. The Morgan fingerprint density at radius 2 is 1.86 bits per heavy atom. The van der Waals surface area contributed by atoms with Gasteiger partial charge >= 0.3 is 0 Å². The van der Waals surface area contributed by atoms with Crippen molar-refractivity contribution in [1.29, 1.82) is 5.26 Å². The number of aliphatic hydroxyl groups is 1. The normalized spacial score (nSPS) is 21.6. The topological polar surface area (TPSA) is 158 Å². The number of nitrogens with zero attached hydrogens (tertiary/aromatic N) is 3. The first-order valence-electron chi connectivity index (χ1n) is 10.8. The van der Waals surface area contributed by atoms with E-state index in [1.807, 2.05) is 12.3 Å². The van der Waals surface area contributed by atoms with Gasteiger partial charge in [0.2, 0.25) is 5.96 Å². The van der Waals surface area contributed by atoms with Crippen molar-refractivity contribution in [2.45, 2.75) is 37.5 Å². The van der Waals surface area contributed by atoms with Gasteiger partial charge in [-0.2, -0.15) is 5.26 Å². The fraction of sp³-hybridized carbons (Fsp3) is 0.417. The maximum Gasteiger partial charge on any atom is 0.205 e. The van der Waals surface area contributed by atoms with E-state index in [1.54, 1.807) is 44.4 Å². The minimum Gasteiger partial charge on any atom is -0.493 e. The standard InChI is InChI=1S/C24H31N5O6/c1-24(22(33-4)34-5)21(30)20(16-11-15(26)7-9-17(16)35-24)29(13-25)23(27)28-12-14-6-8-18(31-2)19(10-14)32-3/h6-11,20-22,30H,12,26H2,1-5H3,(H2,27,28). The molecule has 0 aromatic heterocycles. The number of fused-ring (bicyclic) bond motifs is 1. The fourth-order valence-electron chi connectivity index (χ4n) is 4.19. The van der Waals surface area contributed by atoms with Gasteiger partial charge in [-0.15, -0.1) is 0 Å². The van der Waals surface area contributed by atoms with Crippen LogP contribution < -0.4 is 25.7 Å². The molecule has 0 amide bonds. The summed E-state index contributed by atoms with van der Waals surface area (Å²) < 4.78 is 27.5. The number of nitrogen functional groups attached to an aromatic ring is 1. The Labute approximate surface area is 204 Å². The van der Waals surface area contributed by atoms with E-state index >= 15 is 0 Å². The molecule has 11 nitrogen and oxygen atoms in total. The zero-order valence-electron chi connectivity index (χ0n) is 20.4. The van der Waals surface area contributed by atoms with Gasteiger partial charge in [0.25, 0.3) is 0 Å². The van der Waals surface area contributed by atoms with Crippen LogP contribution in [0.25, 0.3) is 0 Å². The molecule has 2 aromatic rings. The van der Waals surface area contributed by atoms with Gasteiger partial charge in [0, 0.05) is 25.5 Å². The summed E-state index contributed by atoms with van der Waals surface area (Å²) >= 11 is 0. The Bertz CT molecular complexity index is 1120. The predicted molar refractivity (Wildman–Crippen MR) is 129 cm³/mol. The Morgan fingerprint density at radius 1 is 1.17 bits per heavy atom. The number of guanidine groups is 1. The summed E-state index contributed by atoms with van der Waals surface area (Å²) in [5, 5.41) is 21.5. The summed E-state index contributed by atoms with van der Waals surface area (Å²) in [5.74, 6) is 1.43. The number of nitrogens with two attached hydrogens (primary N) is 2. The highest BCUT2D eigenvalue weighted by atomic mass is 16.7. The Kier molecular flexibility index (Phi) is 7.91. The van der Waals surface area contributed by atoms with Gasteiger partial charge in [-0.25, -0.2) is 9.89 Å². The Balaban J connectivity index is 2.01. The van der Waals surface area contributed by atoms with Gasteiger partial charge < -0.3 is 40.3 Å². The van der Waals surface area contributed by atoms with Gasteiger partial charge in [0.15, 0.2) is 29.6 Å². The molecule has 1 aliphatic rings. The summed E-state index contributed by atoms with van der Waals surface area (Å²) in [7, 11) is 5.96. The predicted octanol–water partition coefficient (Wildman–Crippen LogP) is 1.76. The van der Waals surface area contributed by atoms with Crippen molar-refractivity contribution in [2.75, 3.05) is 34.2 Å². The van der Waals surface area contributed by atoms with Crippen LogP contribution in [-0.2, 0) is 16.0 Å². The molecule has 1 heterocycles. The molecule has 5 N–H and O–H groups in total. The molecule has 0 saturated heterocycles. The van der Waals surface area contributed by atoms with Gasteiger partial charge in [-0.3, -0.25) is 0 Å². The molecule has 2 aromatic carbocycles. The molecule has 3 rings (SSSR count). The SMILES string of the molecule is COc1ccc(CN=C(N)N(C#N)C2c3cc(N)ccc3OC(C)(C(OC)OC)C2O)cc1OC. The maximum absolute atomic E-state index is 11.5. The summed E-state index contributed by atoms with van der Waals surface area (Å²) in [6, 6.07) is 9.31. The molecule has 35 heavy (non-hydrogen) atoms. The van der Waals surface area contributed by atoms with Crippen molar-refractivity contribution in [2.24, 2.45) is 10.7 Å². The first-order chi connectivity index (χ1) is 16.7. The van der Waals surface area contributed by atoms with E-state index < -0.39 is 24.0 Å². The van der Waals surface area contributed by atoms with E-state index in [0.29, 0.717) is 28.5 Å². The van der Waals surface area contributed by atoms with Crippen LogP contribution in [0.5, 0.6) is 17.2 Å². The lowest BCUT2D eigenvalue weighted by atomic mass is 9.83. The van der Waals surface area contributed by atoms with Crippen LogP contribution in [-0.4, -0.2) is 62.4 Å². The number of hydrogen-bond acceptors (Lipinski definition) is 9. The van der Waals surface area contributed by atoms with Crippen LogP contribution in [0.3, 0.4) is 0 Å². The monoisotopic (exact) mass is 485 g/mol. The number of methoxy groups -OCH3 is 4. The number of ether oxygens (including phenoxy) is 5. The lowest BCUT2D eigenvalue weighted by Gasteiger charge is -2.48. The molecule has 0 spiro atoms. The molecule has 1 aliphatic heterocycles. The van der Waals surface area contributed by atoms with Crippen LogP contribution in [0.1, 0.15) is 24.1 Å². The van der Waals surface area contributed by atoms with E-state index in [-0.39, 0.29) is 12.5 Å². The average molecular weight is 486 g/mol. The molecule has 0 fully saturated rings. The lowest BCUT2D eigenvalue weighted by molar-refractivity contribution is -0.241. The second kappa shape index (κ2) is 10.7. The second-order valence-corrected chi connectivity index (χ2v) is 8.11. The lowest BCUT2D eigenvalue weighted by Crippen LogP contribution is -2.62. The van der Waals surface area contributed by atoms with E-state index in [9.17, 15) is 10.4 Å². The average Bonchev–Trinajstić information content (AvgIpc) is 2.86. The van der Waals surface area contributed by atoms with Crippen molar-refractivity contribution in [3.05, 3.63) is 47.5 Å². The van der Waals surface area contributed by atoms with E-state index in [1.165, 1.54) is 21.3 Å². The Morgan fingerprint density at radius 3 is 2.46 bits per heavy atom. The van der Waals surface area contributed by atoms with Crippen LogP contribution in [0.4, 0.5) is 5.69 Å². The third kappa shape index (κ3) is 4.90. The minimum atomic E-state index is -1.38. The quantitative estimate of drug-likeness (QED) is 0.126. The van der Waals surface area contributed by atoms with Crippen LogP contribution in [0.2, 0.25) is 0 Å². The number of nitriles is 1. The first-order valence-corrected chi connectivity index (χ1v) is 10.8. The highest BCUT2D eigenvalue weighted by Gasteiger charge is 2.54. The molecule has 3 unspecified atom stereocenters. The number of aliphatic hydroxyl groups excluding tert-OH is 1. The second-order valence-electron chi connectivity index (χ2n) is 8.11. The molecular weight excluding hydrogens is 454 g/mol. The van der Waals surface area contributed by atoms with Crippen molar-refractivity contribution >= 4 is 11.6 Å². The molecule has 11 heteroatoms. The number of benzene rings is 2.